The summed E-state index contributed by atoms with van der Waals surface area (Å²) in [7, 11) is 5.81. The fraction of sp³-hybridized carbons (Fsp3) is 0.846. The van der Waals surface area contributed by atoms with Crippen molar-refractivity contribution in [2.45, 2.75) is 31.7 Å². The van der Waals surface area contributed by atoms with Gasteiger partial charge in [-0.25, -0.2) is 4.79 Å². The van der Waals surface area contributed by atoms with Crippen molar-refractivity contribution < 1.29 is 14.7 Å². The summed E-state index contributed by atoms with van der Waals surface area (Å²) >= 11 is 0. The van der Waals surface area contributed by atoms with Crippen molar-refractivity contribution in [3.63, 3.8) is 0 Å². The van der Waals surface area contributed by atoms with Gasteiger partial charge in [0.25, 0.3) is 0 Å². The van der Waals surface area contributed by atoms with Crippen LogP contribution in [-0.2, 0) is 4.79 Å². The number of piperidine rings is 1. The van der Waals surface area contributed by atoms with Crippen LogP contribution in [-0.4, -0.2) is 78.6 Å². The molecule has 1 N–H and O–H groups in total. The molecular formula is C13H25N3O3. The third kappa shape index (κ3) is 5.06. The molecule has 1 aliphatic rings. The Morgan fingerprint density at radius 3 is 2.58 bits per heavy atom. The van der Waals surface area contributed by atoms with Crippen LogP contribution in [0.15, 0.2) is 0 Å². The molecule has 1 aliphatic heterocycles. The number of hydrogen-bond acceptors (Lipinski definition) is 3. The number of likely N-dealkylation sites (tertiary alicyclic amines) is 1. The van der Waals surface area contributed by atoms with Crippen molar-refractivity contribution in [3.05, 3.63) is 0 Å². The maximum atomic E-state index is 12.2. The zero-order valence-corrected chi connectivity index (χ0v) is 12.1. The Labute approximate surface area is 115 Å². The van der Waals surface area contributed by atoms with Crippen molar-refractivity contribution in [3.8, 4) is 0 Å². The van der Waals surface area contributed by atoms with Gasteiger partial charge in [-0.05, 0) is 33.4 Å². The van der Waals surface area contributed by atoms with E-state index in [2.05, 4.69) is 4.90 Å². The molecule has 110 valence electrons. The lowest BCUT2D eigenvalue weighted by atomic mass is 10.1. The second-order valence-electron chi connectivity index (χ2n) is 5.41. The van der Waals surface area contributed by atoms with Crippen LogP contribution in [0.5, 0.6) is 0 Å². The molecule has 0 radical (unpaired) electrons. The third-order valence-corrected chi connectivity index (χ3v) is 3.61. The normalized spacial score (nSPS) is 19.6. The molecule has 1 saturated heterocycles. The van der Waals surface area contributed by atoms with Gasteiger partial charge in [0.2, 0.25) is 0 Å². The molecule has 6 heteroatoms. The van der Waals surface area contributed by atoms with Crippen molar-refractivity contribution in [2.24, 2.45) is 0 Å². The summed E-state index contributed by atoms with van der Waals surface area (Å²) in [4.78, 5) is 28.3. The average molecular weight is 271 g/mol. The van der Waals surface area contributed by atoms with Crippen LogP contribution in [0.25, 0.3) is 0 Å². The van der Waals surface area contributed by atoms with E-state index < -0.39 is 5.97 Å². The van der Waals surface area contributed by atoms with Crippen LogP contribution in [0.3, 0.4) is 0 Å². The third-order valence-electron chi connectivity index (χ3n) is 3.61. The number of amides is 2. The van der Waals surface area contributed by atoms with Crippen LogP contribution in [0.2, 0.25) is 0 Å². The van der Waals surface area contributed by atoms with Gasteiger partial charge < -0.3 is 19.8 Å². The topological polar surface area (TPSA) is 64.1 Å². The highest BCUT2D eigenvalue weighted by Gasteiger charge is 2.26. The van der Waals surface area contributed by atoms with Crippen LogP contribution < -0.4 is 0 Å². The van der Waals surface area contributed by atoms with E-state index in [0.717, 1.165) is 25.9 Å². The quantitative estimate of drug-likeness (QED) is 0.808. The minimum atomic E-state index is -0.813. The molecule has 0 saturated carbocycles. The Morgan fingerprint density at radius 1 is 1.32 bits per heavy atom. The summed E-state index contributed by atoms with van der Waals surface area (Å²) in [5.41, 5.74) is 0. The van der Waals surface area contributed by atoms with Crippen molar-refractivity contribution in [1.29, 1.82) is 0 Å². The second kappa shape index (κ2) is 7.33. The van der Waals surface area contributed by atoms with E-state index in [0.29, 0.717) is 19.0 Å². The molecule has 1 heterocycles. The predicted molar refractivity (Wildman–Crippen MR) is 73.2 cm³/mol. The summed E-state index contributed by atoms with van der Waals surface area (Å²) in [6, 6.07) is 0.432. The number of nitrogens with zero attached hydrogens (tertiary/aromatic N) is 3. The second-order valence-corrected chi connectivity index (χ2v) is 5.41. The molecule has 0 aromatic heterocycles. The largest absolute Gasteiger partial charge is 0.481 e. The van der Waals surface area contributed by atoms with E-state index in [1.165, 1.54) is 0 Å². The van der Waals surface area contributed by atoms with E-state index in [-0.39, 0.29) is 12.5 Å². The Bertz CT molecular complexity index is 320. The Hall–Kier alpha value is -1.30. The fourth-order valence-electron chi connectivity index (χ4n) is 2.35. The highest BCUT2D eigenvalue weighted by Crippen LogP contribution is 2.15. The number of hydrogen-bond donors (Lipinski definition) is 1. The van der Waals surface area contributed by atoms with Crippen LogP contribution in [0.4, 0.5) is 4.79 Å². The number of carbonyl (C=O) groups excluding carboxylic acids is 1. The van der Waals surface area contributed by atoms with Crippen LogP contribution >= 0.6 is 0 Å². The van der Waals surface area contributed by atoms with Gasteiger partial charge in [0.05, 0.1) is 0 Å². The number of carboxylic acid groups (broad SMARTS) is 1. The highest BCUT2D eigenvalue weighted by atomic mass is 16.4. The zero-order chi connectivity index (χ0) is 14.4. The van der Waals surface area contributed by atoms with Crippen LogP contribution in [0.1, 0.15) is 25.7 Å². The monoisotopic (exact) mass is 271 g/mol. The van der Waals surface area contributed by atoms with Gasteiger partial charge in [-0.15, -0.1) is 0 Å². The number of aliphatic carboxylic acids is 1. The van der Waals surface area contributed by atoms with Gasteiger partial charge in [-0.2, -0.15) is 0 Å². The number of rotatable bonds is 5. The Morgan fingerprint density at radius 2 is 2.00 bits per heavy atom. The lowest BCUT2D eigenvalue weighted by molar-refractivity contribution is -0.137. The lowest BCUT2D eigenvalue weighted by Crippen LogP contribution is -2.51. The number of urea groups is 1. The highest BCUT2D eigenvalue weighted by molar-refractivity contribution is 5.74. The molecule has 0 aromatic rings. The molecule has 2 amide bonds. The van der Waals surface area contributed by atoms with Gasteiger partial charge >= 0.3 is 12.0 Å². The van der Waals surface area contributed by atoms with Gasteiger partial charge in [-0.3, -0.25) is 4.79 Å². The lowest BCUT2D eigenvalue weighted by Gasteiger charge is -2.37. The van der Waals surface area contributed by atoms with Gasteiger partial charge in [0.15, 0.2) is 0 Å². The van der Waals surface area contributed by atoms with Crippen molar-refractivity contribution in [2.75, 3.05) is 40.8 Å². The molecule has 6 nitrogen and oxygen atoms in total. The van der Waals surface area contributed by atoms with E-state index in [4.69, 9.17) is 5.11 Å². The first kappa shape index (κ1) is 15.8. The summed E-state index contributed by atoms with van der Waals surface area (Å²) < 4.78 is 0. The number of carbonyl (C=O) groups is 2. The van der Waals surface area contributed by atoms with E-state index >= 15 is 0 Å². The molecule has 19 heavy (non-hydrogen) atoms. The first-order valence-electron chi connectivity index (χ1n) is 6.80. The maximum absolute atomic E-state index is 12.2. The molecule has 1 rings (SSSR count). The molecule has 1 unspecified atom stereocenters. The molecule has 1 atom stereocenters. The minimum Gasteiger partial charge on any atom is -0.481 e. The summed E-state index contributed by atoms with van der Waals surface area (Å²) in [5.74, 6) is -0.813. The Kier molecular flexibility index (Phi) is 6.08. The maximum Gasteiger partial charge on any atom is 0.319 e. The SMILES string of the molecule is CN(CCCC(=O)O)C(=O)N1CCCC(N(C)C)C1. The molecule has 0 bridgehead atoms. The zero-order valence-electron chi connectivity index (χ0n) is 12.1. The van der Waals surface area contributed by atoms with Crippen molar-refractivity contribution in [1.82, 2.24) is 14.7 Å². The summed E-state index contributed by atoms with van der Waals surface area (Å²) in [5, 5.41) is 8.59. The fourth-order valence-corrected chi connectivity index (χ4v) is 2.35. The van der Waals surface area contributed by atoms with Crippen molar-refractivity contribution >= 4 is 12.0 Å². The van der Waals surface area contributed by atoms with Gasteiger partial charge in [-0.1, -0.05) is 0 Å². The average Bonchev–Trinajstić information content (AvgIpc) is 2.37. The molecule has 0 aromatic carbocycles. The first-order valence-corrected chi connectivity index (χ1v) is 6.80. The standard InChI is InChI=1S/C13H25N3O3/c1-14(2)11-6-4-9-16(10-11)13(19)15(3)8-5-7-12(17)18/h11H,4-10H2,1-3H3,(H,17,18). The predicted octanol–water partition coefficient (Wildman–Crippen LogP) is 0.929. The van der Waals surface area contributed by atoms with E-state index in [9.17, 15) is 9.59 Å². The number of likely N-dealkylation sites (N-methyl/N-ethyl adjacent to an activating group) is 1. The molecule has 1 fully saturated rings. The first-order chi connectivity index (χ1) is 8.91. The number of carboxylic acids is 1. The minimum absolute atomic E-state index is 0.0111. The smallest absolute Gasteiger partial charge is 0.319 e. The molecular weight excluding hydrogens is 246 g/mol. The molecule has 0 aliphatic carbocycles. The van der Waals surface area contributed by atoms with E-state index in [1.807, 2.05) is 19.0 Å². The van der Waals surface area contributed by atoms with Gasteiger partial charge in [0.1, 0.15) is 0 Å². The Balaban J connectivity index is 2.40. The summed E-state index contributed by atoms with van der Waals surface area (Å²) in [6.45, 7) is 2.05. The molecule has 0 spiro atoms. The van der Waals surface area contributed by atoms with E-state index in [1.54, 1.807) is 11.9 Å². The van der Waals surface area contributed by atoms with Gasteiger partial charge in [0, 0.05) is 39.1 Å². The van der Waals surface area contributed by atoms with Crippen LogP contribution in [0, 0.1) is 0 Å². The summed E-state index contributed by atoms with van der Waals surface area (Å²) in [6.07, 6.45) is 2.76.